The SMILES string of the molecule is CC1=C(C(=O)NCN)N2C(=O)C(NC(=O)CCCC3CCC4C5CCC6CCCCC6(C)C5CCC34C)C2SC1. The molecule has 1 saturated heterocycles. The van der Waals surface area contributed by atoms with Crippen molar-refractivity contribution in [2.24, 2.45) is 46.2 Å². The topological polar surface area (TPSA) is 105 Å². The molecule has 4 saturated carbocycles. The minimum atomic E-state index is -0.550. The van der Waals surface area contributed by atoms with Gasteiger partial charge in [-0.1, -0.05) is 26.7 Å². The average molecular weight is 571 g/mol. The number of fused-ring (bicyclic) bond motifs is 6. The Morgan fingerprint density at radius 3 is 2.62 bits per heavy atom. The Labute approximate surface area is 244 Å². The summed E-state index contributed by atoms with van der Waals surface area (Å²) in [6.07, 6.45) is 16.7. The van der Waals surface area contributed by atoms with Gasteiger partial charge in [-0.15, -0.1) is 11.8 Å². The number of carbonyl (C=O) groups excluding carboxylic acids is 3. The van der Waals surface area contributed by atoms with Crippen molar-refractivity contribution in [3.05, 3.63) is 11.3 Å². The van der Waals surface area contributed by atoms with Crippen LogP contribution in [-0.4, -0.2) is 46.5 Å². The van der Waals surface area contributed by atoms with E-state index < -0.39 is 6.04 Å². The van der Waals surface area contributed by atoms with Crippen molar-refractivity contribution in [1.82, 2.24) is 15.5 Å². The van der Waals surface area contributed by atoms with Crippen molar-refractivity contribution in [2.75, 3.05) is 12.4 Å². The molecule has 40 heavy (non-hydrogen) atoms. The molecule has 0 aromatic carbocycles. The first kappa shape index (κ1) is 28.6. The second kappa shape index (κ2) is 10.9. The summed E-state index contributed by atoms with van der Waals surface area (Å²) >= 11 is 1.61. The lowest BCUT2D eigenvalue weighted by molar-refractivity contribution is -0.147. The van der Waals surface area contributed by atoms with Crippen LogP contribution in [0.3, 0.4) is 0 Å². The molecule has 0 aromatic heterocycles. The molecular weight excluding hydrogens is 520 g/mol. The second-order valence-corrected chi connectivity index (χ2v) is 15.5. The Morgan fingerprint density at radius 1 is 1.02 bits per heavy atom. The molecule has 4 N–H and O–H groups in total. The summed E-state index contributed by atoms with van der Waals surface area (Å²) in [6, 6.07) is -0.550. The number of rotatable bonds is 7. The van der Waals surface area contributed by atoms with Crippen LogP contribution in [0.15, 0.2) is 11.3 Å². The number of nitrogens with two attached hydrogens (primary N) is 1. The average Bonchev–Trinajstić information content (AvgIpc) is 3.27. The highest BCUT2D eigenvalue weighted by Gasteiger charge is 2.59. The highest BCUT2D eigenvalue weighted by atomic mass is 32.2. The Hall–Kier alpha value is -1.54. The fourth-order valence-corrected chi connectivity index (χ4v) is 11.9. The first-order valence-corrected chi connectivity index (χ1v) is 17.2. The predicted octanol–water partition coefficient (Wildman–Crippen LogP) is 4.91. The van der Waals surface area contributed by atoms with Gasteiger partial charge in [0.2, 0.25) is 5.91 Å². The van der Waals surface area contributed by atoms with Crippen LogP contribution in [0.2, 0.25) is 0 Å². The lowest BCUT2D eigenvalue weighted by atomic mass is 9.45. The van der Waals surface area contributed by atoms with E-state index in [0.29, 0.717) is 28.7 Å². The van der Waals surface area contributed by atoms with Crippen LogP contribution in [0.4, 0.5) is 0 Å². The maximum absolute atomic E-state index is 13.0. The van der Waals surface area contributed by atoms with Gasteiger partial charge < -0.3 is 16.4 Å². The zero-order valence-electron chi connectivity index (χ0n) is 24.8. The molecule has 6 aliphatic rings. The van der Waals surface area contributed by atoms with Gasteiger partial charge in [0.05, 0.1) is 6.67 Å². The molecule has 0 spiro atoms. The van der Waals surface area contributed by atoms with Gasteiger partial charge in [-0.25, -0.2) is 0 Å². The van der Waals surface area contributed by atoms with Crippen LogP contribution in [0.25, 0.3) is 0 Å². The Balaban J connectivity index is 1.01. The van der Waals surface area contributed by atoms with E-state index in [9.17, 15) is 14.4 Å². The number of carbonyl (C=O) groups is 3. The first-order valence-electron chi connectivity index (χ1n) is 16.1. The lowest BCUT2D eigenvalue weighted by Crippen LogP contribution is -2.71. The molecule has 222 valence electrons. The van der Waals surface area contributed by atoms with E-state index in [1.807, 2.05) is 6.92 Å². The van der Waals surface area contributed by atoms with E-state index >= 15 is 0 Å². The molecule has 0 aromatic rings. The molecule has 2 aliphatic heterocycles. The van der Waals surface area contributed by atoms with Gasteiger partial charge in [-0.2, -0.15) is 0 Å². The van der Waals surface area contributed by atoms with Crippen LogP contribution in [-0.2, 0) is 14.4 Å². The normalized spacial score (nSPS) is 42.2. The van der Waals surface area contributed by atoms with E-state index in [2.05, 4.69) is 24.5 Å². The van der Waals surface area contributed by atoms with E-state index in [1.165, 1.54) is 69.1 Å². The second-order valence-electron chi connectivity index (χ2n) is 14.4. The number of thioether (sulfide) groups is 1. The summed E-state index contributed by atoms with van der Waals surface area (Å²) < 4.78 is 0. The number of nitrogens with one attached hydrogen (secondary N) is 2. The van der Waals surface area contributed by atoms with E-state index in [-0.39, 0.29) is 29.8 Å². The maximum atomic E-state index is 13.0. The van der Waals surface area contributed by atoms with Gasteiger partial charge in [0.15, 0.2) is 0 Å². The molecule has 8 heteroatoms. The summed E-state index contributed by atoms with van der Waals surface area (Å²) in [6.45, 7) is 7.15. The van der Waals surface area contributed by atoms with Crippen molar-refractivity contribution in [3.8, 4) is 0 Å². The number of β-lactam (4-membered cyclic amide) rings is 1. The molecule has 9 atom stereocenters. The Kier molecular flexibility index (Phi) is 7.82. The zero-order chi connectivity index (χ0) is 28.2. The van der Waals surface area contributed by atoms with Gasteiger partial charge in [0.1, 0.15) is 17.1 Å². The molecule has 9 unspecified atom stereocenters. The largest absolute Gasteiger partial charge is 0.342 e. The van der Waals surface area contributed by atoms with Crippen molar-refractivity contribution < 1.29 is 14.4 Å². The van der Waals surface area contributed by atoms with Crippen LogP contribution < -0.4 is 16.4 Å². The maximum Gasteiger partial charge on any atom is 0.269 e. The molecule has 0 bridgehead atoms. The van der Waals surface area contributed by atoms with E-state index in [0.717, 1.165) is 48.0 Å². The smallest absolute Gasteiger partial charge is 0.269 e. The third kappa shape index (κ3) is 4.54. The molecule has 5 fully saturated rings. The van der Waals surface area contributed by atoms with Crippen LogP contribution in [0.5, 0.6) is 0 Å². The summed E-state index contributed by atoms with van der Waals surface area (Å²) in [5, 5.41) is 5.39. The third-order valence-electron chi connectivity index (χ3n) is 12.7. The van der Waals surface area contributed by atoms with Crippen LogP contribution in [0.1, 0.15) is 104 Å². The molecular formula is C32H50N4O3S. The van der Waals surface area contributed by atoms with Crippen LogP contribution >= 0.6 is 11.8 Å². The molecule has 6 rings (SSSR count). The summed E-state index contributed by atoms with van der Waals surface area (Å²) in [5.41, 5.74) is 7.77. The highest BCUT2D eigenvalue weighted by Crippen LogP contribution is 2.67. The molecule has 4 aliphatic carbocycles. The monoisotopic (exact) mass is 570 g/mol. The Morgan fingerprint density at radius 2 is 1.82 bits per heavy atom. The number of hydrogen-bond donors (Lipinski definition) is 3. The fourth-order valence-electron chi connectivity index (χ4n) is 10.6. The number of amides is 3. The lowest BCUT2D eigenvalue weighted by Gasteiger charge is -2.60. The van der Waals surface area contributed by atoms with Gasteiger partial charge in [0, 0.05) is 12.2 Å². The van der Waals surface area contributed by atoms with Gasteiger partial charge in [-0.3, -0.25) is 19.3 Å². The molecule has 3 amide bonds. The first-order chi connectivity index (χ1) is 19.2. The summed E-state index contributed by atoms with van der Waals surface area (Å²) in [5.74, 6) is 4.52. The predicted molar refractivity (Wildman–Crippen MR) is 159 cm³/mol. The third-order valence-corrected chi connectivity index (χ3v) is 14.1. The highest BCUT2D eigenvalue weighted by molar-refractivity contribution is 8.00. The number of hydrogen-bond acceptors (Lipinski definition) is 5. The summed E-state index contributed by atoms with van der Waals surface area (Å²) in [7, 11) is 0. The fraction of sp³-hybridized carbons (Fsp3) is 0.844. The molecule has 7 nitrogen and oxygen atoms in total. The van der Waals surface area contributed by atoms with E-state index in [1.54, 1.807) is 11.8 Å². The molecule has 0 radical (unpaired) electrons. The standard InChI is InChI=1S/C32H50N4O3S/c1-19-17-40-30-26(29(39)36(30)27(19)28(38)34-18-33)35-25(37)9-6-8-21-11-13-23-22-12-10-20-7-4-5-15-31(20,2)24(22)14-16-32(21,23)3/h20-24,26,30H,4-18,33H2,1-3H3,(H,34,38)(H,35,37). The summed E-state index contributed by atoms with van der Waals surface area (Å²) in [4.78, 5) is 39.9. The van der Waals surface area contributed by atoms with Crippen molar-refractivity contribution in [2.45, 2.75) is 116 Å². The van der Waals surface area contributed by atoms with Crippen molar-refractivity contribution in [1.29, 1.82) is 0 Å². The van der Waals surface area contributed by atoms with Crippen molar-refractivity contribution >= 4 is 29.5 Å². The zero-order valence-corrected chi connectivity index (χ0v) is 25.6. The quantitative estimate of drug-likeness (QED) is 0.298. The minimum Gasteiger partial charge on any atom is -0.342 e. The molecule has 2 heterocycles. The van der Waals surface area contributed by atoms with Gasteiger partial charge >= 0.3 is 0 Å². The Bertz CT molecular complexity index is 1080. The van der Waals surface area contributed by atoms with Crippen molar-refractivity contribution in [3.63, 3.8) is 0 Å². The number of nitrogens with zero attached hydrogens (tertiary/aromatic N) is 1. The van der Waals surface area contributed by atoms with Crippen LogP contribution in [0, 0.1) is 40.4 Å². The van der Waals surface area contributed by atoms with Gasteiger partial charge in [-0.05, 0) is 117 Å². The minimum absolute atomic E-state index is 0.0253. The van der Waals surface area contributed by atoms with E-state index in [4.69, 9.17) is 5.73 Å². The van der Waals surface area contributed by atoms with Gasteiger partial charge in [0.25, 0.3) is 11.8 Å².